The van der Waals surface area contributed by atoms with Gasteiger partial charge in [0.1, 0.15) is 5.02 Å². The van der Waals surface area contributed by atoms with E-state index in [-0.39, 0.29) is 17.1 Å². The lowest BCUT2D eigenvalue weighted by atomic mass is 10.2. The lowest BCUT2D eigenvalue weighted by Gasteiger charge is -2.19. The summed E-state index contributed by atoms with van der Waals surface area (Å²) in [6, 6.07) is 9.51. The maximum Gasteiger partial charge on any atom is 0.315 e. The molecule has 1 aromatic heterocycles. The van der Waals surface area contributed by atoms with Crippen molar-refractivity contribution >= 4 is 23.3 Å². The molecule has 2 aromatic rings. The molecule has 0 saturated carbocycles. The Kier molecular flexibility index (Phi) is 5.00. The van der Waals surface area contributed by atoms with Gasteiger partial charge in [0, 0.05) is 25.7 Å². The average Bonchev–Trinajstić information content (AvgIpc) is 3.04. The van der Waals surface area contributed by atoms with Gasteiger partial charge in [-0.1, -0.05) is 41.9 Å². The van der Waals surface area contributed by atoms with Crippen molar-refractivity contribution in [3.63, 3.8) is 0 Å². The number of hydrogen-bond donors (Lipinski definition) is 3. The Labute approximate surface area is 144 Å². The molecule has 1 fully saturated rings. The van der Waals surface area contributed by atoms with E-state index in [4.69, 9.17) is 11.6 Å². The first-order valence-electron chi connectivity index (χ1n) is 7.70. The SMILES string of the molecule is O=C(NCc1ccccc1)N[C@@H]1CCN(c2cn[nH]c(=O)c2Cl)C1. The van der Waals surface area contributed by atoms with E-state index in [1.165, 1.54) is 6.20 Å². The lowest BCUT2D eigenvalue weighted by molar-refractivity contribution is 0.237. The number of urea groups is 1. The molecule has 3 rings (SSSR count). The minimum Gasteiger partial charge on any atom is -0.367 e. The monoisotopic (exact) mass is 347 g/mol. The normalized spacial score (nSPS) is 16.9. The van der Waals surface area contributed by atoms with E-state index in [1.54, 1.807) is 0 Å². The highest BCUT2D eigenvalue weighted by Crippen LogP contribution is 2.24. The van der Waals surface area contributed by atoms with Gasteiger partial charge in [0.15, 0.2) is 0 Å². The first kappa shape index (κ1) is 16.3. The summed E-state index contributed by atoms with van der Waals surface area (Å²) in [6.45, 7) is 1.77. The van der Waals surface area contributed by atoms with E-state index in [0.717, 1.165) is 12.0 Å². The van der Waals surface area contributed by atoms with Gasteiger partial charge in [0.25, 0.3) is 5.56 Å². The molecule has 0 aliphatic carbocycles. The molecule has 1 atom stereocenters. The molecular weight excluding hydrogens is 330 g/mol. The Morgan fingerprint density at radius 1 is 1.38 bits per heavy atom. The number of anilines is 1. The number of aromatic amines is 1. The minimum absolute atomic E-state index is 0.00359. The summed E-state index contributed by atoms with van der Waals surface area (Å²) >= 11 is 6.02. The number of hydrogen-bond acceptors (Lipinski definition) is 4. The molecule has 2 heterocycles. The van der Waals surface area contributed by atoms with Gasteiger partial charge in [-0.2, -0.15) is 5.10 Å². The minimum atomic E-state index is -0.411. The zero-order valence-corrected chi connectivity index (χ0v) is 13.7. The summed E-state index contributed by atoms with van der Waals surface area (Å²) in [6.07, 6.45) is 2.31. The highest BCUT2D eigenvalue weighted by molar-refractivity contribution is 6.33. The van der Waals surface area contributed by atoms with E-state index in [2.05, 4.69) is 20.8 Å². The van der Waals surface area contributed by atoms with Gasteiger partial charge in [-0.25, -0.2) is 9.89 Å². The van der Waals surface area contributed by atoms with Crippen LogP contribution in [0.2, 0.25) is 5.02 Å². The Morgan fingerprint density at radius 3 is 2.96 bits per heavy atom. The maximum atomic E-state index is 12.0. The maximum absolute atomic E-state index is 12.0. The summed E-state index contributed by atoms with van der Waals surface area (Å²) in [5, 5.41) is 12.0. The van der Waals surface area contributed by atoms with E-state index in [1.807, 2.05) is 35.2 Å². The molecule has 0 radical (unpaired) electrons. The quantitative estimate of drug-likeness (QED) is 0.781. The number of halogens is 1. The van der Waals surface area contributed by atoms with Crippen molar-refractivity contribution in [1.29, 1.82) is 0 Å². The second-order valence-corrected chi connectivity index (χ2v) is 6.02. The molecule has 126 valence electrons. The molecule has 0 bridgehead atoms. The zero-order chi connectivity index (χ0) is 16.9. The molecule has 24 heavy (non-hydrogen) atoms. The molecule has 8 heteroatoms. The zero-order valence-electron chi connectivity index (χ0n) is 13.0. The second-order valence-electron chi connectivity index (χ2n) is 5.64. The van der Waals surface area contributed by atoms with Gasteiger partial charge in [-0.15, -0.1) is 0 Å². The molecule has 3 N–H and O–H groups in total. The van der Waals surface area contributed by atoms with Crippen LogP contribution in [0.3, 0.4) is 0 Å². The fourth-order valence-electron chi connectivity index (χ4n) is 2.71. The third kappa shape index (κ3) is 3.86. The summed E-state index contributed by atoms with van der Waals surface area (Å²) in [5.74, 6) is 0. The van der Waals surface area contributed by atoms with Crippen LogP contribution in [0, 0.1) is 0 Å². The number of amides is 2. The van der Waals surface area contributed by atoms with Crippen LogP contribution in [0.1, 0.15) is 12.0 Å². The molecule has 1 aliphatic heterocycles. The highest BCUT2D eigenvalue weighted by atomic mass is 35.5. The topological polar surface area (TPSA) is 90.1 Å². The van der Waals surface area contributed by atoms with Crippen molar-refractivity contribution in [2.24, 2.45) is 0 Å². The standard InChI is InChI=1S/C16H18ClN5O2/c17-14-13(9-19-21-15(14)23)22-7-6-12(10-22)20-16(24)18-8-11-4-2-1-3-5-11/h1-5,9,12H,6-8,10H2,(H,21,23)(H2,18,20,24)/t12-/m1/s1. The highest BCUT2D eigenvalue weighted by Gasteiger charge is 2.26. The molecular formula is C16H18ClN5O2. The van der Waals surface area contributed by atoms with E-state index in [9.17, 15) is 9.59 Å². The third-order valence-electron chi connectivity index (χ3n) is 3.94. The van der Waals surface area contributed by atoms with Crippen LogP contribution >= 0.6 is 11.6 Å². The van der Waals surface area contributed by atoms with Crippen molar-refractivity contribution in [2.45, 2.75) is 19.0 Å². The Balaban J connectivity index is 1.51. The molecule has 1 aliphatic rings. The molecule has 1 aromatic carbocycles. The molecule has 1 saturated heterocycles. The summed E-state index contributed by atoms with van der Waals surface area (Å²) in [7, 11) is 0. The number of benzene rings is 1. The largest absolute Gasteiger partial charge is 0.367 e. The lowest BCUT2D eigenvalue weighted by Crippen LogP contribution is -2.43. The Hall–Kier alpha value is -2.54. The van der Waals surface area contributed by atoms with Crippen LogP contribution in [0.15, 0.2) is 41.3 Å². The second kappa shape index (κ2) is 7.35. The Morgan fingerprint density at radius 2 is 2.17 bits per heavy atom. The number of carbonyl (C=O) groups is 1. The average molecular weight is 348 g/mol. The van der Waals surface area contributed by atoms with E-state index in [0.29, 0.717) is 25.3 Å². The molecule has 2 amide bonds. The van der Waals surface area contributed by atoms with Crippen LogP contribution in [0.25, 0.3) is 0 Å². The number of rotatable bonds is 4. The van der Waals surface area contributed by atoms with Gasteiger partial charge in [0.05, 0.1) is 11.9 Å². The van der Waals surface area contributed by atoms with Gasteiger partial charge >= 0.3 is 6.03 Å². The number of aromatic nitrogens is 2. The summed E-state index contributed by atoms with van der Waals surface area (Å²) in [4.78, 5) is 25.5. The van der Waals surface area contributed by atoms with Crippen molar-refractivity contribution < 1.29 is 4.79 Å². The fourth-order valence-corrected chi connectivity index (χ4v) is 2.92. The first-order valence-corrected chi connectivity index (χ1v) is 8.07. The van der Waals surface area contributed by atoms with E-state index < -0.39 is 5.56 Å². The van der Waals surface area contributed by atoms with Gasteiger partial charge in [-0.05, 0) is 12.0 Å². The summed E-state index contributed by atoms with van der Waals surface area (Å²) < 4.78 is 0. The number of H-pyrrole nitrogens is 1. The van der Waals surface area contributed by atoms with E-state index >= 15 is 0 Å². The Bertz CT molecular complexity index is 765. The van der Waals surface area contributed by atoms with Crippen molar-refractivity contribution in [3.05, 3.63) is 57.5 Å². The van der Waals surface area contributed by atoms with Gasteiger partial charge in [0.2, 0.25) is 0 Å². The van der Waals surface area contributed by atoms with Crippen molar-refractivity contribution in [1.82, 2.24) is 20.8 Å². The molecule has 7 nitrogen and oxygen atoms in total. The van der Waals surface area contributed by atoms with Crippen molar-refractivity contribution in [2.75, 3.05) is 18.0 Å². The van der Waals surface area contributed by atoms with Gasteiger partial charge < -0.3 is 15.5 Å². The molecule has 0 spiro atoms. The predicted octanol–water partition coefficient (Wildman–Crippen LogP) is 1.50. The van der Waals surface area contributed by atoms with Crippen LogP contribution in [-0.4, -0.2) is 35.4 Å². The third-order valence-corrected chi connectivity index (χ3v) is 4.30. The van der Waals surface area contributed by atoms with Gasteiger partial charge in [-0.3, -0.25) is 4.79 Å². The number of nitrogens with one attached hydrogen (secondary N) is 3. The smallest absolute Gasteiger partial charge is 0.315 e. The van der Waals surface area contributed by atoms with Crippen LogP contribution < -0.4 is 21.1 Å². The molecule has 0 unspecified atom stereocenters. The number of nitrogens with zero attached hydrogens (tertiary/aromatic N) is 2. The fraction of sp³-hybridized carbons (Fsp3) is 0.312. The summed E-state index contributed by atoms with van der Waals surface area (Å²) in [5.41, 5.74) is 1.22. The predicted molar refractivity (Wildman–Crippen MR) is 92.3 cm³/mol. The van der Waals surface area contributed by atoms with Crippen LogP contribution in [0.5, 0.6) is 0 Å². The number of carbonyl (C=O) groups excluding carboxylic acids is 1. The van der Waals surface area contributed by atoms with Crippen LogP contribution in [0.4, 0.5) is 10.5 Å². The van der Waals surface area contributed by atoms with Crippen LogP contribution in [-0.2, 0) is 6.54 Å². The van der Waals surface area contributed by atoms with Crippen molar-refractivity contribution in [3.8, 4) is 0 Å². The first-order chi connectivity index (χ1) is 11.6.